The van der Waals surface area contributed by atoms with Crippen LogP contribution in [0.1, 0.15) is 28.9 Å². The second-order valence-corrected chi connectivity index (χ2v) is 9.27. The van der Waals surface area contributed by atoms with Crippen LogP contribution in [0.4, 0.5) is 18.9 Å². The lowest BCUT2D eigenvalue weighted by Crippen LogP contribution is -2.33. The number of halogens is 3. The van der Waals surface area contributed by atoms with Crippen LogP contribution in [-0.4, -0.2) is 52.9 Å². The van der Waals surface area contributed by atoms with Gasteiger partial charge < -0.3 is 24.8 Å². The fourth-order valence-electron chi connectivity index (χ4n) is 4.34. The molecule has 2 aromatic heterocycles. The first-order valence-corrected chi connectivity index (χ1v) is 12.8. The van der Waals surface area contributed by atoms with E-state index in [0.717, 1.165) is 48.4 Å². The smallest absolute Gasteiger partial charge is 0.416 e. The summed E-state index contributed by atoms with van der Waals surface area (Å²) in [7, 11) is 2.01. The van der Waals surface area contributed by atoms with Crippen LogP contribution in [0.2, 0.25) is 0 Å². The van der Waals surface area contributed by atoms with Crippen LogP contribution in [0.5, 0.6) is 11.5 Å². The Labute approximate surface area is 229 Å². The number of pyridine rings is 1. The molecule has 1 aliphatic rings. The molecule has 210 valence electrons. The number of rotatable bonds is 8. The summed E-state index contributed by atoms with van der Waals surface area (Å²) < 4.78 is 44.3. The monoisotopic (exact) mass is 553 g/mol. The summed E-state index contributed by atoms with van der Waals surface area (Å²) in [6, 6.07) is 15.9. The van der Waals surface area contributed by atoms with Gasteiger partial charge in [-0.2, -0.15) is 13.2 Å². The number of nitrogens with one attached hydrogen (secondary N) is 2. The molecule has 4 aromatic rings. The van der Waals surface area contributed by atoms with Gasteiger partial charge >= 0.3 is 6.18 Å². The molecule has 5 rings (SSSR count). The van der Waals surface area contributed by atoms with Crippen LogP contribution >= 0.6 is 0 Å². The molecule has 3 heterocycles. The third kappa shape index (κ3) is 7.82. The highest BCUT2D eigenvalue weighted by molar-refractivity contribution is 5.92. The molecule has 8 nitrogen and oxygen atoms in total. The van der Waals surface area contributed by atoms with E-state index in [0.29, 0.717) is 24.4 Å². The molecule has 0 unspecified atom stereocenters. The summed E-state index contributed by atoms with van der Waals surface area (Å²) in [5.74, 6) is 1.17. The van der Waals surface area contributed by atoms with Gasteiger partial charge in [-0.25, -0.2) is 0 Å². The number of benzene rings is 2. The molecule has 1 saturated heterocycles. The third-order valence-corrected chi connectivity index (χ3v) is 6.38. The maximum Gasteiger partial charge on any atom is 0.416 e. The first-order chi connectivity index (χ1) is 19.2. The van der Waals surface area contributed by atoms with E-state index in [1.807, 2.05) is 37.5 Å². The fraction of sp³-hybridized carbons (Fsp3) is 0.276. The summed E-state index contributed by atoms with van der Waals surface area (Å²) in [6.45, 7) is 3.78. The second-order valence-electron chi connectivity index (χ2n) is 9.27. The van der Waals surface area contributed by atoms with E-state index in [9.17, 15) is 22.8 Å². The molecule has 2 amide bonds. The van der Waals surface area contributed by atoms with Gasteiger partial charge in [0.2, 0.25) is 6.41 Å². The van der Waals surface area contributed by atoms with Crippen molar-refractivity contribution in [1.29, 1.82) is 0 Å². The number of likely N-dealkylation sites (tertiary alicyclic amines) is 1. The minimum atomic E-state index is -4.37. The van der Waals surface area contributed by atoms with Gasteiger partial charge in [-0.05, 0) is 74.5 Å². The zero-order chi connectivity index (χ0) is 28.5. The molecule has 2 N–H and O–H groups in total. The molecule has 0 atom stereocenters. The number of ether oxygens (including phenoxy) is 1. The van der Waals surface area contributed by atoms with E-state index in [1.54, 1.807) is 18.3 Å². The number of aromatic nitrogens is 2. The van der Waals surface area contributed by atoms with Crippen molar-refractivity contribution in [2.24, 2.45) is 7.05 Å². The number of nitrogens with zero attached hydrogens (tertiary/aromatic N) is 3. The highest BCUT2D eigenvalue weighted by Gasteiger charge is 2.30. The molecule has 0 radical (unpaired) electrons. The maximum atomic E-state index is 12.4. The number of carbonyl (C=O) groups is 2. The Bertz CT molecular complexity index is 1450. The van der Waals surface area contributed by atoms with Crippen molar-refractivity contribution in [3.05, 3.63) is 84.3 Å². The van der Waals surface area contributed by atoms with Gasteiger partial charge in [0.05, 0.1) is 5.56 Å². The van der Waals surface area contributed by atoms with Crippen LogP contribution in [-0.2, 0) is 18.0 Å². The van der Waals surface area contributed by atoms with E-state index >= 15 is 0 Å². The van der Waals surface area contributed by atoms with Crippen LogP contribution in [0.3, 0.4) is 0 Å². The molecule has 0 bridgehead atoms. The minimum absolute atomic E-state index is 0.129. The van der Waals surface area contributed by atoms with Crippen molar-refractivity contribution < 1.29 is 27.5 Å². The van der Waals surface area contributed by atoms with Crippen molar-refractivity contribution in [1.82, 2.24) is 19.8 Å². The normalized spacial score (nSPS) is 13.4. The van der Waals surface area contributed by atoms with Gasteiger partial charge in [-0.1, -0.05) is 6.07 Å². The number of hydrogen-bond acceptors (Lipinski definition) is 5. The van der Waals surface area contributed by atoms with Gasteiger partial charge in [0, 0.05) is 55.2 Å². The zero-order valence-corrected chi connectivity index (χ0v) is 21.9. The number of fused-ring (bicyclic) bond motifs is 1. The third-order valence-electron chi connectivity index (χ3n) is 6.38. The molecular weight excluding hydrogens is 523 g/mol. The zero-order valence-electron chi connectivity index (χ0n) is 21.9. The number of anilines is 1. The Morgan fingerprint density at radius 2 is 1.82 bits per heavy atom. The van der Waals surface area contributed by atoms with E-state index in [4.69, 9.17) is 4.74 Å². The Morgan fingerprint density at radius 3 is 2.58 bits per heavy atom. The molecule has 11 heteroatoms. The van der Waals surface area contributed by atoms with E-state index < -0.39 is 11.7 Å². The molecule has 1 fully saturated rings. The summed E-state index contributed by atoms with van der Waals surface area (Å²) in [5.41, 5.74) is 0.869. The number of amides is 2. The van der Waals surface area contributed by atoms with E-state index in [2.05, 4.69) is 25.1 Å². The van der Waals surface area contributed by atoms with Crippen molar-refractivity contribution in [2.75, 3.05) is 31.5 Å². The predicted octanol–water partition coefficient (Wildman–Crippen LogP) is 5.46. The highest BCUT2D eigenvalue weighted by atomic mass is 19.4. The fourth-order valence-corrected chi connectivity index (χ4v) is 4.34. The summed E-state index contributed by atoms with van der Waals surface area (Å²) >= 11 is 0. The molecule has 1 aliphatic heterocycles. The number of hydrogen-bond donors (Lipinski definition) is 2. The predicted molar refractivity (Wildman–Crippen MR) is 146 cm³/mol. The summed E-state index contributed by atoms with van der Waals surface area (Å²) in [6.07, 6.45) is 2.08. The Kier molecular flexibility index (Phi) is 9.39. The number of carbonyl (C=O) groups excluding carboxylic acids is 2. The SMILES string of the molecule is Cn1ccc2cc(Oc3ccnc(C(=O)NCCN4CCCC4)c3)ccc21.O=CNc1cccc(C(F)(F)F)c1. The standard InChI is InChI=1S/C21H24N4O2.C8H6F3NO/c1-24-12-7-16-14-17(4-5-20(16)24)27-18-6-8-22-19(15-18)21(26)23-9-13-25-10-2-3-11-25;9-8(10,11)6-2-1-3-7(4-6)12-5-13/h4-8,12,14-15H,2-3,9-11,13H2,1H3,(H,23,26);1-5H,(H,12,13). The molecule has 0 spiro atoms. The Morgan fingerprint density at radius 1 is 1.05 bits per heavy atom. The lowest BCUT2D eigenvalue weighted by molar-refractivity contribution is -0.137. The van der Waals surface area contributed by atoms with Gasteiger partial charge in [0.15, 0.2) is 0 Å². The van der Waals surface area contributed by atoms with Crippen molar-refractivity contribution in [2.45, 2.75) is 19.0 Å². The molecule has 0 saturated carbocycles. The molecule has 0 aliphatic carbocycles. The van der Waals surface area contributed by atoms with Gasteiger partial charge in [-0.3, -0.25) is 14.6 Å². The average molecular weight is 554 g/mol. The first kappa shape index (κ1) is 28.6. The Balaban J connectivity index is 0.000000240. The average Bonchev–Trinajstić information content (AvgIpc) is 3.59. The highest BCUT2D eigenvalue weighted by Crippen LogP contribution is 2.30. The Hall–Kier alpha value is -4.38. The maximum absolute atomic E-state index is 12.4. The lowest BCUT2D eigenvalue weighted by atomic mass is 10.2. The van der Waals surface area contributed by atoms with Gasteiger partial charge in [0.25, 0.3) is 5.91 Å². The molecule has 40 heavy (non-hydrogen) atoms. The van der Waals surface area contributed by atoms with Crippen LogP contribution in [0.15, 0.2) is 73.1 Å². The number of alkyl halides is 3. The summed E-state index contributed by atoms with van der Waals surface area (Å²) in [5, 5.41) is 6.20. The second kappa shape index (κ2) is 13.1. The van der Waals surface area contributed by atoms with Crippen LogP contribution in [0, 0.1) is 0 Å². The quantitative estimate of drug-likeness (QED) is 0.283. The van der Waals surface area contributed by atoms with Crippen LogP contribution in [0.25, 0.3) is 10.9 Å². The van der Waals surface area contributed by atoms with Crippen molar-refractivity contribution in [3.63, 3.8) is 0 Å². The van der Waals surface area contributed by atoms with Gasteiger partial charge in [-0.15, -0.1) is 0 Å². The van der Waals surface area contributed by atoms with Gasteiger partial charge in [0.1, 0.15) is 17.2 Å². The van der Waals surface area contributed by atoms with E-state index in [1.165, 1.54) is 25.0 Å². The lowest BCUT2D eigenvalue weighted by Gasteiger charge is -2.14. The van der Waals surface area contributed by atoms with Crippen molar-refractivity contribution in [3.8, 4) is 11.5 Å². The number of aryl methyl sites for hydroxylation is 1. The minimum Gasteiger partial charge on any atom is -0.457 e. The van der Waals surface area contributed by atoms with E-state index in [-0.39, 0.29) is 11.6 Å². The molecule has 2 aromatic carbocycles. The largest absolute Gasteiger partial charge is 0.457 e. The summed E-state index contributed by atoms with van der Waals surface area (Å²) in [4.78, 5) is 28.8. The van der Waals surface area contributed by atoms with Crippen molar-refractivity contribution >= 4 is 28.9 Å². The molecular formula is C29H30F3N5O3. The van der Waals surface area contributed by atoms with Crippen LogP contribution < -0.4 is 15.4 Å². The topological polar surface area (TPSA) is 88.5 Å². The first-order valence-electron chi connectivity index (χ1n) is 12.8.